The monoisotopic (exact) mass is 256 g/mol. The Labute approximate surface area is 112 Å². The maximum Gasteiger partial charge on any atom is 0.321 e. The van der Waals surface area contributed by atoms with Crippen molar-refractivity contribution >= 4 is 5.78 Å². The van der Waals surface area contributed by atoms with Crippen LogP contribution in [0, 0.1) is 0 Å². The molecule has 0 fully saturated rings. The van der Waals surface area contributed by atoms with Gasteiger partial charge < -0.3 is 4.74 Å². The van der Waals surface area contributed by atoms with Gasteiger partial charge in [-0.05, 0) is 36.2 Å². The summed E-state index contributed by atoms with van der Waals surface area (Å²) in [4.78, 5) is 19.4. The summed E-state index contributed by atoms with van der Waals surface area (Å²) in [7, 11) is 0. The molecular weight excluding hydrogens is 240 g/mol. The minimum Gasteiger partial charge on any atom is -0.424 e. The number of aromatic nitrogens is 2. The summed E-state index contributed by atoms with van der Waals surface area (Å²) in [5.74, 6) is 0.882. The third-order valence-corrected chi connectivity index (χ3v) is 2.75. The molecule has 3 rings (SSSR count). The number of Topliss-reactive ketones (excluding diaryl/α,β-unsaturated/α-hetero) is 1. The summed E-state index contributed by atoms with van der Waals surface area (Å²) >= 11 is 0. The Morgan fingerprint density at radius 2 is 1.84 bits per heavy atom. The van der Waals surface area contributed by atoms with Crippen molar-refractivity contribution in [3.05, 3.63) is 47.8 Å². The van der Waals surface area contributed by atoms with Gasteiger partial charge in [0.15, 0.2) is 5.78 Å². The van der Waals surface area contributed by atoms with Crippen LogP contribution < -0.4 is 4.74 Å². The van der Waals surface area contributed by atoms with E-state index in [2.05, 4.69) is 9.97 Å². The SMILES string of the molecule is CC.O=C1CCc2cc(Oc3ncccn3)ccc21. The second kappa shape index (κ2) is 6.09. The van der Waals surface area contributed by atoms with Crippen LogP contribution in [0.15, 0.2) is 36.7 Å². The molecule has 1 aliphatic rings. The third-order valence-electron chi connectivity index (χ3n) is 2.75. The van der Waals surface area contributed by atoms with Crippen LogP contribution in [0.25, 0.3) is 0 Å². The lowest BCUT2D eigenvalue weighted by Crippen LogP contribution is -1.93. The molecule has 4 nitrogen and oxygen atoms in total. The molecule has 2 aromatic rings. The molecule has 0 N–H and O–H groups in total. The zero-order valence-electron chi connectivity index (χ0n) is 11.1. The lowest BCUT2D eigenvalue weighted by Gasteiger charge is -2.04. The highest BCUT2D eigenvalue weighted by atomic mass is 16.5. The van der Waals surface area contributed by atoms with E-state index in [-0.39, 0.29) is 5.78 Å². The molecule has 0 unspecified atom stereocenters. The predicted molar refractivity (Wildman–Crippen MR) is 72.5 cm³/mol. The van der Waals surface area contributed by atoms with Gasteiger partial charge in [-0.2, -0.15) is 0 Å². The molecule has 0 saturated carbocycles. The fraction of sp³-hybridized carbons (Fsp3) is 0.267. The predicted octanol–water partition coefficient (Wildman–Crippen LogP) is 3.42. The first-order chi connectivity index (χ1) is 9.33. The van der Waals surface area contributed by atoms with Gasteiger partial charge in [0.25, 0.3) is 0 Å². The van der Waals surface area contributed by atoms with Gasteiger partial charge in [0.1, 0.15) is 5.75 Å². The molecule has 0 bridgehead atoms. The Balaban J connectivity index is 0.000000637. The molecule has 0 amide bonds. The summed E-state index contributed by atoms with van der Waals surface area (Å²) in [5, 5.41) is 0. The number of carbonyl (C=O) groups excluding carboxylic acids is 1. The van der Waals surface area contributed by atoms with E-state index in [9.17, 15) is 4.79 Å². The molecule has 98 valence electrons. The molecule has 1 aliphatic carbocycles. The minimum absolute atomic E-state index is 0.211. The zero-order chi connectivity index (χ0) is 13.7. The van der Waals surface area contributed by atoms with Gasteiger partial charge >= 0.3 is 6.01 Å². The van der Waals surface area contributed by atoms with Crippen LogP contribution in [0.2, 0.25) is 0 Å². The van der Waals surface area contributed by atoms with Crippen LogP contribution in [0.5, 0.6) is 11.8 Å². The highest BCUT2D eigenvalue weighted by Gasteiger charge is 2.19. The molecule has 1 aromatic heterocycles. The highest BCUT2D eigenvalue weighted by Crippen LogP contribution is 2.27. The van der Waals surface area contributed by atoms with Crippen LogP contribution in [-0.2, 0) is 6.42 Å². The first-order valence-corrected chi connectivity index (χ1v) is 6.44. The average molecular weight is 256 g/mol. The second-order valence-electron chi connectivity index (χ2n) is 3.88. The minimum atomic E-state index is 0.211. The van der Waals surface area contributed by atoms with Crippen LogP contribution in [0.3, 0.4) is 0 Å². The standard InChI is InChI=1S/C13H10N2O2.C2H6/c16-12-5-2-9-8-10(3-4-11(9)12)17-13-14-6-1-7-15-13;1-2/h1,3-4,6-8H,2,5H2;1-2H3. The van der Waals surface area contributed by atoms with Crippen molar-refractivity contribution in [2.45, 2.75) is 26.7 Å². The fourth-order valence-corrected chi connectivity index (χ4v) is 1.94. The third kappa shape index (κ3) is 2.96. The Morgan fingerprint density at radius 1 is 1.11 bits per heavy atom. The Bertz CT molecular complexity index is 568. The maximum atomic E-state index is 11.5. The van der Waals surface area contributed by atoms with Crippen LogP contribution >= 0.6 is 0 Å². The van der Waals surface area contributed by atoms with E-state index in [1.54, 1.807) is 24.5 Å². The van der Waals surface area contributed by atoms with E-state index >= 15 is 0 Å². The quantitative estimate of drug-likeness (QED) is 0.826. The first kappa shape index (κ1) is 13.2. The average Bonchev–Trinajstić information content (AvgIpc) is 2.83. The lowest BCUT2D eigenvalue weighted by molar-refractivity contribution is 0.0994. The van der Waals surface area contributed by atoms with Gasteiger partial charge in [0.2, 0.25) is 0 Å². The molecule has 1 aromatic carbocycles. The van der Waals surface area contributed by atoms with Crippen molar-refractivity contribution in [2.75, 3.05) is 0 Å². The molecule has 0 saturated heterocycles. The summed E-state index contributed by atoms with van der Waals surface area (Å²) in [5.41, 5.74) is 1.86. The van der Waals surface area contributed by atoms with Crippen molar-refractivity contribution in [3.63, 3.8) is 0 Å². The molecule has 0 spiro atoms. The Morgan fingerprint density at radius 3 is 2.58 bits per heavy atom. The van der Waals surface area contributed by atoms with E-state index in [0.717, 1.165) is 17.5 Å². The number of fused-ring (bicyclic) bond motifs is 1. The summed E-state index contributed by atoms with van der Waals surface area (Å²) in [6, 6.07) is 7.52. The number of benzene rings is 1. The van der Waals surface area contributed by atoms with E-state index in [1.807, 2.05) is 26.0 Å². The van der Waals surface area contributed by atoms with Gasteiger partial charge in [0, 0.05) is 24.4 Å². The number of rotatable bonds is 2. The van der Waals surface area contributed by atoms with Crippen LogP contribution in [0.4, 0.5) is 0 Å². The fourth-order valence-electron chi connectivity index (χ4n) is 1.94. The van der Waals surface area contributed by atoms with Crippen molar-refractivity contribution in [2.24, 2.45) is 0 Å². The first-order valence-electron chi connectivity index (χ1n) is 6.44. The Hall–Kier alpha value is -2.23. The highest BCUT2D eigenvalue weighted by molar-refractivity contribution is 6.00. The zero-order valence-corrected chi connectivity index (χ0v) is 11.1. The van der Waals surface area contributed by atoms with Crippen LogP contribution in [0.1, 0.15) is 36.2 Å². The number of nitrogens with zero attached hydrogens (tertiary/aromatic N) is 2. The summed E-state index contributed by atoms with van der Waals surface area (Å²) < 4.78 is 5.51. The Kier molecular flexibility index (Phi) is 4.23. The van der Waals surface area contributed by atoms with Crippen LogP contribution in [-0.4, -0.2) is 15.8 Å². The van der Waals surface area contributed by atoms with E-state index in [4.69, 9.17) is 4.74 Å². The maximum absolute atomic E-state index is 11.5. The second-order valence-corrected chi connectivity index (χ2v) is 3.88. The van der Waals surface area contributed by atoms with Crippen molar-refractivity contribution in [3.8, 4) is 11.8 Å². The smallest absolute Gasteiger partial charge is 0.321 e. The van der Waals surface area contributed by atoms with Gasteiger partial charge in [0.05, 0.1) is 0 Å². The molecule has 0 radical (unpaired) electrons. The van der Waals surface area contributed by atoms with E-state index in [1.165, 1.54) is 0 Å². The number of hydrogen-bond acceptors (Lipinski definition) is 4. The molecule has 0 atom stereocenters. The lowest BCUT2D eigenvalue weighted by atomic mass is 10.1. The van der Waals surface area contributed by atoms with Crippen molar-refractivity contribution in [1.29, 1.82) is 0 Å². The normalized spacial score (nSPS) is 12.4. The topological polar surface area (TPSA) is 52.1 Å². The van der Waals surface area contributed by atoms with Gasteiger partial charge in [-0.3, -0.25) is 4.79 Å². The molecule has 4 heteroatoms. The number of ether oxygens (including phenoxy) is 1. The van der Waals surface area contributed by atoms with Crippen molar-refractivity contribution < 1.29 is 9.53 Å². The summed E-state index contributed by atoms with van der Waals surface area (Å²) in [6.07, 6.45) is 4.64. The number of aryl methyl sites for hydroxylation is 1. The van der Waals surface area contributed by atoms with E-state index in [0.29, 0.717) is 18.2 Å². The molecule has 1 heterocycles. The molecular formula is C15H16N2O2. The number of carbonyl (C=O) groups is 1. The van der Waals surface area contributed by atoms with Gasteiger partial charge in [-0.15, -0.1) is 0 Å². The van der Waals surface area contributed by atoms with Gasteiger partial charge in [-0.1, -0.05) is 13.8 Å². The largest absolute Gasteiger partial charge is 0.424 e. The number of ketones is 1. The number of hydrogen-bond donors (Lipinski definition) is 0. The molecule has 0 aliphatic heterocycles. The summed E-state index contributed by atoms with van der Waals surface area (Å²) in [6.45, 7) is 4.00. The molecule has 19 heavy (non-hydrogen) atoms. The van der Waals surface area contributed by atoms with Gasteiger partial charge in [-0.25, -0.2) is 9.97 Å². The van der Waals surface area contributed by atoms with Crippen molar-refractivity contribution in [1.82, 2.24) is 9.97 Å². The van der Waals surface area contributed by atoms with E-state index < -0.39 is 0 Å².